The van der Waals surface area contributed by atoms with Crippen molar-refractivity contribution in [3.05, 3.63) is 34.5 Å². The fourth-order valence-corrected chi connectivity index (χ4v) is 3.27. The van der Waals surface area contributed by atoms with Crippen LogP contribution in [0.25, 0.3) is 0 Å². The van der Waals surface area contributed by atoms with Gasteiger partial charge in [0.2, 0.25) is 5.95 Å². The number of nitrogens with one attached hydrogen (secondary N) is 2. The van der Waals surface area contributed by atoms with Crippen LogP contribution in [0.5, 0.6) is 0 Å². The summed E-state index contributed by atoms with van der Waals surface area (Å²) in [6.45, 7) is 3.17. The van der Waals surface area contributed by atoms with Gasteiger partial charge in [-0.2, -0.15) is 14.3 Å². The fraction of sp³-hybridized carbons (Fsp3) is 0.550. The third-order valence-corrected chi connectivity index (χ3v) is 5.14. The van der Waals surface area contributed by atoms with Gasteiger partial charge in [0.15, 0.2) is 0 Å². The summed E-state index contributed by atoms with van der Waals surface area (Å²) < 4.78 is 10.1. The lowest BCUT2D eigenvalue weighted by molar-refractivity contribution is 0.0983. The molecule has 0 saturated carbocycles. The van der Waals surface area contributed by atoms with Gasteiger partial charge in [0, 0.05) is 19.1 Å². The molecule has 3 rings (SSSR count). The van der Waals surface area contributed by atoms with Gasteiger partial charge in [-0.25, -0.2) is 14.6 Å². The lowest BCUT2D eigenvalue weighted by atomic mass is 10.1. The number of piperidine rings is 1. The number of allylic oxidation sites excluding steroid dienone is 3. The summed E-state index contributed by atoms with van der Waals surface area (Å²) in [5.41, 5.74) is -0.618. The molecule has 1 aliphatic heterocycles. The van der Waals surface area contributed by atoms with Crippen molar-refractivity contribution in [1.82, 2.24) is 24.3 Å². The number of amides is 2. The minimum absolute atomic E-state index is 0.0135. The Morgan fingerprint density at radius 3 is 2.65 bits per heavy atom. The van der Waals surface area contributed by atoms with Crippen LogP contribution in [0.2, 0.25) is 0 Å². The summed E-state index contributed by atoms with van der Waals surface area (Å²) in [5, 5.41) is 3.14. The minimum Gasteiger partial charge on any atom is -0.450 e. The second-order valence-electron chi connectivity index (χ2n) is 7.81. The largest absolute Gasteiger partial charge is 0.528 e. The number of anilines is 1. The van der Waals surface area contributed by atoms with E-state index in [2.05, 4.69) is 20.3 Å². The van der Waals surface area contributed by atoms with Crippen molar-refractivity contribution < 1.29 is 19.1 Å². The van der Waals surface area contributed by atoms with Crippen LogP contribution in [-0.4, -0.2) is 71.9 Å². The number of likely N-dealkylation sites (tertiary alicyclic amines) is 1. The molecule has 1 fully saturated rings. The van der Waals surface area contributed by atoms with E-state index < -0.39 is 16.3 Å². The molecule has 1 aromatic rings. The summed E-state index contributed by atoms with van der Waals surface area (Å²) in [5.74, 6) is 0.714. The molecule has 1 aliphatic carbocycles. The highest BCUT2D eigenvalue weighted by Crippen LogP contribution is 2.20. The second kappa shape index (κ2) is 9.73. The van der Waals surface area contributed by atoms with Crippen LogP contribution in [0.3, 0.4) is 0 Å². The first-order chi connectivity index (χ1) is 14.8. The first kappa shape index (κ1) is 22.5. The lowest BCUT2D eigenvalue weighted by Gasteiger charge is -2.31. The van der Waals surface area contributed by atoms with E-state index in [-0.39, 0.29) is 24.0 Å². The quantitative estimate of drug-likeness (QED) is 0.676. The molecule has 0 spiro atoms. The Hall–Kier alpha value is -3.21. The Kier molecular flexibility index (Phi) is 7.06. The number of ether oxygens (including phenoxy) is 2. The van der Waals surface area contributed by atoms with Crippen molar-refractivity contribution in [2.75, 3.05) is 39.1 Å². The summed E-state index contributed by atoms with van der Waals surface area (Å²) in [4.78, 5) is 49.1. The van der Waals surface area contributed by atoms with Crippen LogP contribution < -0.4 is 15.5 Å². The first-order valence-electron chi connectivity index (χ1n) is 10.4. The molecule has 0 aromatic carbocycles. The molecule has 2 aliphatic rings. The SMILES string of the molecule is CCOC(=O)N1CCC(Nc2nc([N+](C)(C)C(=O)OC3=CCCC=C3)[nH]c(=O)n2)CC1. The van der Waals surface area contributed by atoms with E-state index in [1.807, 2.05) is 12.2 Å². The number of hydrogen-bond donors (Lipinski definition) is 2. The van der Waals surface area contributed by atoms with E-state index in [1.165, 1.54) is 0 Å². The smallest absolute Gasteiger partial charge is 0.450 e. The van der Waals surface area contributed by atoms with Crippen molar-refractivity contribution >= 4 is 24.1 Å². The second-order valence-corrected chi connectivity index (χ2v) is 7.81. The first-order valence-corrected chi connectivity index (χ1v) is 10.4. The Bertz CT molecular complexity index is 930. The van der Waals surface area contributed by atoms with Crippen LogP contribution in [0.4, 0.5) is 21.5 Å². The van der Waals surface area contributed by atoms with Gasteiger partial charge in [-0.3, -0.25) is 0 Å². The lowest BCUT2D eigenvalue weighted by Crippen LogP contribution is -2.49. The van der Waals surface area contributed by atoms with Gasteiger partial charge in [-0.15, -0.1) is 4.98 Å². The van der Waals surface area contributed by atoms with Crippen LogP contribution in [0.1, 0.15) is 32.6 Å². The molecule has 11 heteroatoms. The van der Waals surface area contributed by atoms with Crippen LogP contribution >= 0.6 is 0 Å². The van der Waals surface area contributed by atoms with Gasteiger partial charge in [-0.1, -0.05) is 6.08 Å². The molecule has 0 unspecified atom stereocenters. The molecule has 2 heterocycles. The minimum atomic E-state index is -0.618. The maximum atomic E-state index is 12.7. The Morgan fingerprint density at radius 1 is 1.26 bits per heavy atom. The topological polar surface area (TPSA) is 127 Å². The van der Waals surface area contributed by atoms with Gasteiger partial charge in [-0.05, 0) is 44.8 Å². The Morgan fingerprint density at radius 2 is 2.00 bits per heavy atom. The highest BCUT2D eigenvalue weighted by atomic mass is 16.6. The summed E-state index contributed by atoms with van der Waals surface area (Å²) in [6, 6.07) is -0.0135. The van der Waals surface area contributed by atoms with Crippen molar-refractivity contribution in [3.8, 4) is 0 Å². The van der Waals surface area contributed by atoms with Crippen molar-refractivity contribution in [3.63, 3.8) is 0 Å². The average Bonchev–Trinajstić information content (AvgIpc) is 2.74. The highest BCUT2D eigenvalue weighted by Gasteiger charge is 2.36. The van der Waals surface area contributed by atoms with Crippen LogP contribution in [0, 0.1) is 0 Å². The Balaban J connectivity index is 1.66. The number of rotatable bonds is 5. The number of aromatic nitrogens is 3. The Labute approximate surface area is 180 Å². The van der Waals surface area contributed by atoms with E-state index in [4.69, 9.17) is 9.47 Å². The van der Waals surface area contributed by atoms with Gasteiger partial charge >= 0.3 is 23.8 Å². The molecule has 1 saturated heterocycles. The zero-order valence-electron chi connectivity index (χ0n) is 18.1. The fourth-order valence-electron chi connectivity index (χ4n) is 3.27. The number of hydrogen-bond acceptors (Lipinski definition) is 8. The maximum absolute atomic E-state index is 12.7. The van der Waals surface area contributed by atoms with E-state index in [9.17, 15) is 14.4 Å². The van der Waals surface area contributed by atoms with Crippen molar-refractivity contribution in [2.24, 2.45) is 0 Å². The van der Waals surface area contributed by atoms with Crippen LogP contribution in [0.15, 0.2) is 28.8 Å². The molecule has 0 radical (unpaired) electrons. The average molecular weight is 433 g/mol. The van der Waals surface area contributed by atoms with Crippen molar-refractivity contribution in [1.29, 1.82) is 0 Å². The van der Waals surface area contributed by atoms with Gasteiger partial charge in [0.25, 0.3) is 0 Å². The number of quaternary nitrogens is 1. The molecule has 1 aromatic heterocycles. The number of carbonyl (C=O) groups is 2. The number of carbonyl (C=O) groups excluding carboxylic acids is 2. The zero-order chi connectivity index (χ0) is 22.4. The standard InChI is InChI=1S/C20H28N6O5/c1-4-30-19(28)25-12-10-14(11-13-25)21-16-22-17(24-18(27)23-16)26(2,3)20(29)31-15-8-6-5-7-9-15/h6,8-9,14H,4-5,7,10-13H2,1-3H3,(H-,21,22,23,24,27)/p+1. The third kappa shape index (κ3) is 5.69. The predicted octanol–water partition coefficient (Wildman–Crippen LogP) is 2.14. The summed E-state index contributed by atoms with van der Waals surface area (Å²) in [7, 11) is 3.16. The van der Waals surface area contributed by atoms with Gasteiger partial charge < -0.3 is 19.7 Å². The van der Waals surface area contributed by atoms with Gasteiger partial charge in [0.1, 0.15) is 5.76 Å². The van der Waals surface area contributed by atoms with E-state index in [0.29, 0.717) is 38.3 Å². The molecular weight excluding hydrogens is 404 g/mol. The van der Waals surface area contributed by atoms with E-state index in [0.717, 1.165) is 12.8 Å². The van der Waals surface area contributed by atoms with Crippen LogP contribution in [-0.2, 0) is 9.47 Å². The highest BCUT2D eigenvalue weighted by molar-refractivity contribution is 5.80. The molecule has 11 nitrogen and oxygen atoms in total. The number of H-pyrrole nitrogens is 1. The maximum Gasteiger partial charge on any atom is 0.528 e. The third-order valence-electron chi connectivity index (χ3n) is 5.14. The zero-order valence-corrected chi connectivity index (χ0v) is 18.1. The number of nitrogens with zero attached hydrogens (tertiary/aromatic N) is 4. The predicted molar refractivity (Wildman–Crippen MR) is 114 cm³/mol. The normalized spacial score (nSPS) is 17.1. The molecule has 0 bridgehead atoms. The molecule has 2 amide bonds. The summed E-state index contributed by atoms with van der Waals surface area (Å²) in [6.07, 6.45) is 7.65. The van der Waals surface area contributed by atoms with Crippen molar-refractivity contribution in [2.45, 2.75) is 38.6 Å². The molecule has 168 valence electrons. The molecular formula is C20H29N6O5+. The van der Waals surface area contributed by atoms with Gasteiger partial charge in [0.05, 0.1) is 20.7 Å². The summed E-state index contributed by atoms with van der Waals surface area (Å²) >= 11 is 0. The molecule has 2 N–H and O–H groups in total. The molecule has 31 heavy (non-hydrogen) atoms. The monoisotopic (exact) mass is 433 g/mol. The van der Waals surface area contributed by atoms with E-state index in [1.54, 1.807) is 32.0 Å². The van der Waals surface area contributed by atoms with E-state index >= 15 is 0 Å². The molecule has 0 atom stereocenters. The number of aromatic amines is 1.